The highest BCUT2D eigenvalue weighted by Crippen LogP contribution is 2.32. The Morgan fingerprint density at radius 3 is 2.91 bits per heavy atom. The van der Waals surface area contributed by atoms with Gasteiger partial charge in [-0.25, -0.2) is 4.79 Å². The predicted molar refractivity (Wildman–Crippen MR) is 86.7 cm³/mol. The second-order valence-electron chi connectivity index (χ2n) is 5.71. The Hall–Kier alpha value is -2.02. The van der Waals surface area contributed by atoms with Crippen LogP contribution in [-0.4, -0.2) is 46.1 Å². The summed E-state index contributed by atoms with van der Waals surface area (Å²) >= 11 is 1.57. The lowest BCUT2D eigenvalue weighted by Crippen LogP contribution is -2.48. The number of anilines is 1. The molecule has 1 aromatic carbocycles. The van der Waals surface area contributed by atoms with Crippen LogP contribution >= 0.6 is 11.8 Å². The minimum Gasteiger partial charge on any atom is -0.480 e. The first-order valence-electron chi connectivity index (χ1n) is 7.67. The molecule has 1 fully saturated rings. The molecule has 0 aliphatic carbocycles. The first-order valence-corrected chi connectivity index (χ1v) is 8.65. The molecule has 0 aromatic heterocycles. The molecule has 1 unspecified atom stereocenters. The number of benzene rings is 1. The monoisotopic (exact) mass is 334 g/mol. The van der Waals surface area contributed by atoms with Crippen molar-refractivity contribution in [3.8, 4) is 0 Å². The predicted octanol–water partition coefficient (Wildman–Crippen LogP) is 2.20. The van der Waals surface area contributed by atoms with Crippen LogP contribution in [0.3, 0.4) is 0 Å². The van der Waals surface area contributed by atoms with Crippen LogP contribution in [0.2, 0.25) is 0 Å². The second kappa shape index (κ2) is 6.62. The minimum absolute atomic E-state index is 0.0674. The van der Waals surface area contributed by atoms with E-state index in [-0.39, 0.29) is 11.8 Å². The standard InChI is InChI=1S/C16H18N2O4S/c19-14-6-8-23-13-5-4-10(9-11(13)17-14)15(20)18-7-2-1-3-12(18)16(21)22/h4-5,9,12H,1-3,6-8H2,(H,17,19)(H,21,22). The summed E-state index contributed by atoms with van der Waals surface area (Å²) in [4.78, 5) is 38.1. The fraction of sp³-hybridized carbons (Fsp3) is 0.438. The number of rotatable bonds is 2. The van der Waals surface area contributed by atoms with Crippen molar-refractivity contribution in [2.75, 3.05) is 17.6 Å². The Balaban J connectivity index is 1.87. The number of carboxylic acid groups (broad SMARTS) is 1. The van der Waals surface area contributed by atoms with Gasteiger partial charge >= 0.3 is 5.97 Å². The average Bonchev–Trinajstić information content (AvgIpc) is 2.73. The number of hydrogen-bond acceptors (Lipinski definition) is 4. The normalized spacial score (nSPS) is 21.1. The maximum absolute atomic E-state index is 12.7. The molecular weight excluding hydrogens is 316 g/mol. The number of nitrogens with zero attached hydrogens (tertiary/aromatic N) is 1. The number of carbonyl (C=O) groups excluding carboxylic acids is 2. The van der Waals surface area contributed by atoms with Gasteiger partial charge in [-0.05, 0) is 37.5 Å². The van der Waals surface area contributed by atoms with E-state index in [1.54, 1.807) is 23.9 Å². The van der Waals surface area contributed by atoms with Crippen molar-refractivity contribution in [2.45, 2.75) is 36.6 Å². The zero-order valence-corrected chi connectivity index (χ0v) is 13.4. The van der Waals surface area contributed by atoms with E-state index in [1.807, 2.05) is 6.07 Å². The van der Waals surface area contributed by atoms with E-state index in [2.05, 4.69) is 5.32 Å². The average molecular weight is 334 g/mol. The quantitative estimate of drug-likeness (QED) is 0.866. The lowest BCUT2D eigenvalue weighted by molar-refractivity contribution is -0.143. The van der Waals surface area contributed by atoms with Crippen LogP contribution in [0.4, 0.5) is 5.69 Å². The van der Waals surface area contributed by atoms with Crippen molar-refractivity contribution >= 4 is 35.2 Å². The van der Waals surface area contributed by atoms with E-state index in [1.165, 1.54) is 4.90 Å². The van der Waals surface area contributed by atoms with Gasteiger partial charge in [0.25, 0.3) is 5.91 Å². The lowest BCUT2D eigenvalue weighted by Gasteiger charge is -2.33. The van der Waals surface area contributed by atoms with Crippen LogP contribution in [0.25, 0.3) is 0 Å². The van der Waals surface area contributed by atoms with Crippen LogP contribution in [0.5, 0.6) is 0 Å². The van der Waals surface area contributed by atoms with Crippen molar-refractivity contribution in [1.82, 2.24) is 4.90 Å². The maximum Gasteiger partial charge on any atom is 0.326 e. The minimum atomic E-state index is -0.961. The van der Waals surface area contributed by atoms with Crippen LogP contribution in [0.1, 0.15) is 36.0 Å². The molecule has 3 rings (SSSR count). The fourth-order valence-corrected chi connectivity index (χ4v) is 3.89. The number of carboxylic acids is 1. The number of piperidine rings is 1. The van der Waals surface area contributed by atoms with Gasteiger partial charge in [-0.3, -0.25) is 9.59 Å². The van der Waals surface area contributed by atoms with Gasteiger partial charge in [0.2, 0.25) is 5.91 Å². The summed E-state index contributed by atoms with van der Waals surface area (Å²) in [6.07, 6.45) is 2.55. The van der Waals surface area contributed by atoms with Gasteiger partial charge in [0.15, 0.2) is 0 Å². The lowest BCUT2D eigenvalue weighted by atomic mass is 10.0. The highest BCUT2D eigenvalue weighted by atomic mass is 32.2. The molecule has 1 saturated heterocycles. The summed E-state index contributed by atoms with van der Waals surface area (Å²) in [6.45, 7) is 0.452. The van der Waals surface area contributed by atoms with Crippen LogP contribution < -0.4 is 5.32 Å². The maximum atomic E-state index is 12.7. The Morgan fingerprint density at radius 2 is 2.13 bits per heavy atom. The molecule has 0 spiro atoms. The summed E-state index contributed by atoms with van der Waals surface area (Å²) in [5.74, 6) is -0.610. The van der Waals surface area contributed by atoms with Gasteiger partial charge < -0.3 is 15.3 Å². The number of likely N-dealkylation sites (tertiary alicyclic amines) is 1. The molecule has 23 heavy (non-hydrogen) atoms. The third-order valence-corrected chi connectivity index (χ3v) is 5.21. The summed E-state index contributed by atoms with van der Waals surface area (Å²) in [6, 6.07) is 4.41. The first-order chi connectivity index (χ1) is 11.1. The number of fused-ring (bicyclic) bond motifs is 1. The van der Waals surface area contributed by atoms with Gasteiger partial charge in [-0.1, -0.05) is 0 Å². The van der Waals surface area contributed by atoms with Gasteiger partial charge in [0.05, 0.1) is 5.69 Å². The highest BCUT2D eigenvalue weighted by Gasteiger charge is 2.32. The smallest absolute Gasteiger partial charge is 0.326 e. The van der Waals surface area contributed by atoms with E-state index in [4.69, 9.17) is 0 Å². The highest BCUT2D eigenvalue weighted by molar-refractivity contribution is 7.99. The van der Waals surface area contributed by atoms with Gasteiger partial charge in [0, 0.05) is 29.2 Å². The van der Waals surface area contributed by atoms with E-state index >= 15 is 0 Å². The van der Waals surface area contributed by atoms with E-state index in [9.17, 15) is 19.5 Å². The third kappa shape index (κ3) is 3.34. The van der Waals surface area contributed by atoms with E-state index in [0.29, 0.717) is 36.4 Å². The van der Waals surface area contributed by atoms with Gasteiger partial charge in [0.1, 0.15) is 6.04 Å². The molecule has 2 heterocycles. The molecule has 1 atom stereocenters. The molecule has 2 aliphatic rings. The SMILES string of the molecule is O=C1CCSc2ccc(C(=O)N3CCCCC3C(=O)O)cc2N1. The molecule has 7 heteroatoms. The topological polar surface area (TPSA) is 86.7 Å². The summed E-state index contributed by atoms with van der Waals surface area (Å²) < 4.78 is 0. The molecular formula is C16H18N2O4S. The van der Waals surface area contributed by atoms with Crippen molar-refractivity contribution in [1.29, 1.82) is 0 Å². The number of nitrogens with one attached hydrogen (secondary N) is 1. The van der Waals surface area contributed by atoms with Crippen LogP contribution in [-0.2, 0) is 9.59 Å². The van der Waals surface area contributed by atoms with Crippen molar-refractivity contribution in [3.63, 3.8) is 0 Å². The fourth-order valence-electron chi connectivity index (χ4n) is 2.95. The van der Waals surface area contributed by atoms with E-state index < -0.39 is 12.0 Å². The Bertz CT molecular complexity index is 661. The number of aliphatic carboxylic acids is 1. The first kappa shape index (κ1) is 15.9. The Labute approximate surface area is 138 Å². The number of carbonyl (C=O) groups is 3. The molecule has 122 valence electrons. The molecule has 0 radical (unpaired) electrons. The second-order valence-corrected chi connectivity index (χ2v) is 6.84. The number of amides is 2. The molecule has 2 N–H and O–H groups in total. The molecule has 2 aliphatic heterocycles. The molecule has 2 amide bonds. The van der Waals surface area contributed by atoms with Crippen molar-refractivity contribution in [2.24, 2.45) is 0 Å². The molecule has 6 nitrogen and oxygen atoms in total. The summed E-state index contributed by atoms with van der Waals surface area (Å²) in [5.41, 5.74) is 1.05. The molecule has 1 aromatic rings. The van der Waals surface area contributed by atoms with Gasteiger partial charge in [-0.2, -0.15) is 0 Å². The van der Waals surface area contributed by atoms with Crippen LogP contribution in [0, 0.1) is 0 Å². The molecule has 0 saturated carbocycles. The zero-order valence-electron chi connectivity index (χ0n) is 12.6. The van der Waals surface area contributed by atoms with Crippen molar-refractivity contribution < 1.29 is 19.5 Å². The van der Waals surface area contributed by atoms with Crippen LogP contribution in [0.15, 0.2) is 23.1 Å². The summed E-state index contributed by atoms with van der Waals surface area (Å²) in [5, 5.41) is 12.1. The zero-order chi connectivity index (χ0) is 16.4. The Kier molecular flexibility index (Phi) is 4.56. The van der Waals surface area contributed by atoms with Crippen molar-refractivity contribution in [3.05, 3.63) is 23.8 Å². The Morgan fingerprint density at radius 1 is 1.30 bits per heavy atom. The molecule has 0 bridgehead atoms. The largest absolute Gasteiger partial charge is 0.480 e. The number of hydrogen-bond donors (Lipinski definition) is 2. The summed E-state index contributed by atoms with van der Waals surface area (Å²) in [7, 11) is 0. The van der Waals surface area contributed by atoms with E-state index in [0.717, 1.165) is 17.7 Å². The van der Waals surface area contributed by atoms with Gasteiger partial charge in [-0.15, -0.1) is 11.8 Å². The third-order valence-electron chi connectivity index (χ3n) is 4.14. The number of thioether (sulfide) groups is 1.